The highest BCUT2D eigenvalue weighted by molar-refractivity contribution is 5.93. The second-order valence-corrected chi connectivity index (χ2v) is 11.3. The molecule has 1 aliphatic carbocycles. The molecule has 218 valence electrons. The van der Waals surface area contributed by atoms with E-state index in [2.05, 4.69) is 14.8 Å². The lowest BCUT2D eigenvalue weighted by atomic mass is 9.99. The largest absolute Gasteiger partial charge is 0.573 e. The maximum atomic E-state index is 13.1. The summed E-state index contributed by atoms with van der Waals surface area (Å²) >= 11 is 0. The highest BCUT2D eigenvalue weighted by Gasteiger charge is 2.42. The summed E-state index contributed by atoms with van der Waals surface area (Å²) in [6.45, 7) is 0.190. The topological polar surface area (TPSA) is 97.9 Å². The van der Waals surface area contributed by atoms with Crippen molar-refractivity contribution in [1.82, 2.24) is 10.1 Å². The Morgan fingerprint density at radius 1 is 1.02 bits per heavy atom. The van der Waals surface area contributed by atoms with Crippen molar-refractivity contribution in [2.75, 3.05) is 4.90 Å². The van der Waals surface area contributed by atoms with E-state index in [1.54, 1.807) is 30.3 Å². The Bertz CT molecular complexity index is 1640. The summed E-state index contributed by atoms with van der Waals surface area (Å²) in [5.74, 6) is 0.454. The van der Waals surface area contributed by atoms with Crippen LogP contribution < -0.4 is 9.64 Å². The molecule has 2 aromatic heterocycles. The number of hydrogen-bond acceptors (Lipinski definition) is 7. The van der Waals surface area contributed by atoms with E-state index in [-0.39, 0.29) is 47.6 Å². The van der Waals surface area contributed by atoms with Gasteiger partial charge in [-0.25, -0.2) is 9.78 Å². The molecule has 2 aromatic carbocycles. The smallest absolute Gasteiger partial charge is 0.478 e. The van der Waals surface area contributed by atoms with Gasteiger partial charge >= 0.3 is 12.3 Å². The first kappa shape index (κ1) is 26.8. The number of benzene rings is 2. The standard InChI is InChI=1S/C31H28F3N3O5/c32-31(33,34)41-26-4-2-1-3-23(26)28-24(29(42-36-28)17-5-6-17)16-40-22-14-20-9-10-21(15-22)37(20)27-12-8-18-13-19(30(38)39)7-11-25(18)35-27/h1-4,7-8,11-13,17,20-22H,5-6,9-10,14-16H2,(H,38,39). The maximum absolute atomic E-state index is 13.1. The van der Waals surface area contributed by atoms with Crippen molar-refractivity contribution in [2.45, 2.75) is 75.6 Å². The summed E-state index contributed by atoms with van der Waals surface area (Å²) < 4.78 is 55.7. The lowest BCUT2D eigenvalue weighted by Crippen LogP contribution is -2.46. The minimum atomic E-state index is -4.83. The monoisotopic (exact) mass is 579 g/mol. The summed E-state index contributed by atoms with van der Waals surface area (Å²) in [4.78, 5) is 18.5. The third-order valence-corrected chi connectivity index (χ3v) is 8.47. The van der Waals surface area contributed by atoms with Crippen LogP contribution in [-0.4, -0.2) is 45.8 Å². The van der Waals surface area contributed by atoms with E-state index >= 15 is 0 Å². The highest BCUT2D eigenvalue weighted by Crippen LogP contribution is 2.46. The second-order valence-electron chi connectivity index (χ2n) is 11.3. The number of piperidine rings is 1. The Labute approximate surface area is 239 Å². The SMILES string of the molecule is O=C(O)c1ccc2nc(N3C4CCC3CC(OCc3c(-c5ccccc5OC(F)(F)F)noc3C3CC3)C4)ccc2c1. The molecule has 2 aliphatic heterocycles. The molecule has 0 amide bonds. The van der Waals surface area contributed by atoms with Crippen LogP contribution in [0.3, 0.4) is 0 Å². The Balaban J connectivity index is 1.09. The first-order valence-electron chi connectivity index (χ1n) is 14.1. The van der Waals surface area contributed by atoms with Crippen molar-refractivity contribution in [1.29, 1.82) is 0 Å². The van der Waals surface area contributed by atoms with Crippen molar-refractivity contribution in [2.24, 2.45) is 0 Å². The highest BCUT2D eigenvalue weighted by atomic mass is 19.4. The number of carbonyl (C=O) groups is 1. The summed E-state index contributed by atoms with van der Waals surface area (Å²) in [6.07, 6.45) is 0.635. The van der Waals surface area contributed by atoms with Crippen LogP contribution in [-0.2, 0) is 11.3 Å². The molecule has 2 unspecified atom stereocenters. The number of hydrogen-bond donors (Lipinski definition) is 1. The molecule has 0 radical (unpaired) electrons. The van der Waals surface area contributed by atoms with E-state index in [0.29, 0.717) is 17.0 Å². The van der Waals surface area contributed by atoms with Gasteiger partial charge in [0.2, 0.25) is 0 Å². The normalized spacial score (nSPS) is 22.1. The van der Waals surface area contributed by atoms with Crippen LogP contribution in [0.2, 0.25) is 0 Å². The number of anilines is 1. The molecule has 7 rings (SSSR count). The number of ether oxygens (including phenoxy) is 2. The first-order valence-corrected chi connectivity index (χ1v) is 14.1. The number of pyridine rings is 1. The van der Waals surface area contributed by atoms with Crippen LogP contribution in [0.4, 0.5) is 19.0 Å². The molecule has 8 nitrogen and oxygen atoms in total. The van der Waals surface area contributed by atoms with Crippen molar-refractivity contribution >= 4 is 22.7 Å². The molecule has 1 saturated carbocycles. The Hall–Kier alpha value is -4.12. The average molecular weight is 580 g/mol. The van der Waals surface area contributed by atoms with Crippen LogP contribution >= 0.6 is 0 Å². The van der Waals surface area contributed by atoms with Crippen LogP contribution in [0.1, 0.15) is 66.1 Å². The number of nitrogens with zero attached hydrogens (tertiary/aromatic N) is 3. The van der Waals surface area contributed by atoms with Gasteiger partial charge < -0.3 is 24.0 Å². The van der Waals surface area contributed by atoms with Gasteiger partial charge in [-0.05, 0) is 81.0 Å². The number of para-hydroxylation sites is 1. The number of alkyl halides is 3. The molecular formula is C31H28F3N3O5. The molecule has 4 aromatic rings. The van der Waals surface area contributed by atoms with Crippen molar-refractivity contribution in [3.63, 3.8) is 0 Å². The number of halogens is 3. The van der Waals surface area contributed by atoms with E-state index in [4.69, 9.17) is 14.2 Å². The van der Waals surface area contributed by atoms with Gasteiger partial charge in [-0.3, -0.25) is 0 Å². The van der Waals surface area contributed by atoms with Gasteiger partial charge in [-0.1, -0.05) is 17.3 Å². The zero-order chi connectivity index (χ0) is 29.0. The zero-order valence-electron chi connectivity index (χ0n) is 22.5. The van der Waals surface area contributed by atoms with E-state index in [1.165, 1.54) is 12.1 Å². The lowest BCUT2D eigenvalue weighted by Gasteiger charge is -2.39. The predicted molar refractivity (Wildman–Crippen MR) is 146 cm³/mol. The summed E-state index contributed by atoms with van der Waals surface area (Å²) in [5, 5.41) is 14.2. The van der Waals surface area contributed by atoms with E-state index < -0.39 is 12.3 Å². The molecule has 3 fully saturated rings. The van der Waals surface area contributed by atoms with Crippen LogP contribution in [0.5, 0.6) is 5.75 Å². The summed E-state index contributed by atoms with van der Waals surface area (Å²) in [7, 11) is 0. The van der Waals surface area contributed by atoms with Gasteiger partial charge in [0.1, 0.15) is 23.0 Å². The molecule has 42 heavy (non-hydrogen) atoms. The number of rotatable bonds is 8. The van der Waals surface area contributed by atoms with Crippen LogP contribution in [0.15, 0.2) is 59.1 Å². The fraction of sp³-hybridized carbons (Fsp3) is 0.387. The van der Waals surface area contributed by atoms with Gasteiger partial charge in [0.25, 0.3) is 0 Å². The second kappa shape index (κ2) is 10.3. The molecule has 2 bridgehead atoms. The Kier molecular flexibility index (Phi) is 6.56. The molecule has 0 spiro atoms. The summed E-state index contributed by atoms with van der Waals surface area (Å²) in [5.41, 5.74) is 2.20. The van der Waals surface area contributed by atoms with Gasteiger partial charge in [-0.2, -0.15) is 0 Å². The molecule has 2 saturated heterocycles. The Morgan fingerprint density at radius 3 is 2.50 bits per heavy atom. The van der Waals surface area contributed by atoms with Gasteiger partial charge in [-0.15, -0.1) is 13.2 Å². The van der Waals surface area contributed by atoms with Crippen LogP contribution in [0, 0.1) is 0 Å². The van der Waals surface area contributed by atoms with Gasteiger partial charge in [0, 0.05) is 34.5 Å². The fourth-order valence-corrected chi connectivity index (χ4v) is 6.45. The maximum Gasteiger partial charge on any atom is 0.573 e. The molecule has 1 N–H and O–H groups in total. The molecule has 4 heterocycles. The number of fused-ring (bicyclic) bond motifs is 3. The average Bonchev–Trinajstić information content (AvgIpc) is 3.66. The van der Waals surface area contributed by atoms with Crippen molar-refractivity contribution < 1.29 is 37.1 Å². The Morgan fingerprint density at radius 2 is 1.79 bits per heavy atom. The minimum Gasteiger partial charge on any atom is -0.478 e. The predicted octanol–water partition coefficient (Wildman–Crippen LogP) is 7.08. The number of carboxylic acid groups (broad SMARTS) is 1. The van der Waals surface area contributed by atoms with E-state index in [1.807, 2.05) is 12.1 Å². The van der Waals surface area contributed by atoms with Crippen LogP contribution in [0.25, 0.3) is 22.2 Å². The van der Waals surface area contributed by atoms with E-state index in [9.17, 15) is 23.1 Å². The third kappa shape index (κ3) is 5.17. The van der Waals surface area contributed by atoms with Gasteiger partial charge in [0.15, 0.2) is 0 Å². The van der Waals surface area contributed by atoms with E-state index in [0.717, 1.165) is 55.2 Å². The van der Waals surface area contributed by atoms with Crippen molar-refractivity contribution in [3.05, 3.63) is 71.5 Å². The number of aromatic nitrogens is 2. The minimum absolute atomic E-state index is 0.0335. The van der Waals surface area contributed by atoms with Gasteiger partial charge in [0.05, 0.1) is 23.8 Å². The molecular weight excluding hydrogens is 551 g/mol. The molecule has 3 aliphatic rings. The first-order chi connectivity index (χ1) is 20.2. The zero-order valence-corrected chi connectivity index (χ0v) is 22.5. The quantitative estimate of drug-likeness (QED) is 0.237. The third-order valence-electron chi connectivity index (χ3n) is 8.47. The van der Waals surface area contributed by atoms with Crippen molar-refractivity contribution in [3.8, 4) is 17.0 Å². The molecule has 11 heteroatoms. The number of carboxylic acids is 1. The fourth-order valence-electron chi connectivity index (χ4n) is 6.45. The summed E-state index contributed by atoms with van der Waals surface area (Å²) in [6, 6.07) is 15.2. The molecule has 2 atom stereocenters. The lowest BCUT2D eigenvalue weighted by molar-refractivity contribution is -0.274. The number of aromatic carboxylic acids is 1.